The fourth-order valence-corrected chi connectivity index (χ4v) is 3.28. The van der Waals surface area contributed by atoms with Crippen LogP contribution in [0.3, 0.4) is 0 Å². The van der Waals surface area contributed by atoms with Crippen molar-refractivity contribution in [1.29, 1.82) is 0 Å². The molecule has 0 saturated carbocycles. The summed E-state index contributed by atoms with van der Waals surface area (Å²) < 4.78 is 4.77. The van der Waals surface area contributed by atoms with Crippen LogP contribution in [0.25, 0.3) is 6.08 Å². The van der Waals surface area contributed by atoms with E-state index >= 15 is 0 Å². The Balaban J connectivity index is 1.84. The molecular weight excluding hydrogens is 348 g/mol. The number of ether oxygens (including phenoxy) is 1. The molecule has 1 aliphatic heterocycles. The van der Waals surface area contributed by atoms with Gasteiger partial charge in [0.2, 0.25) is 0 Å². The number of nitrogens with one attached hydrogen (secondary N) is 1. The number of hydrogen-bond donors (Lipinski definition) is 1. The van der Waals surface area contributed by atoms with Gasteiger partial charge in [0.05, 0.1) is 23.3 Å². The molecule has 0 aliphatic carbocycles. The first-order valence-electron chi connectivity index (χ1n) is 8.16. The van der Waals surface area contributed by atoms with E-state index in [1.165, 1.54) is 24.4 Å². The largest absolute Gasteiger partial charge is 0.465 e. The van der Waals surface area contributed by atoms with Crippen molar-refractivity contribution < 1.29 is 14.3 Å². The molecular formula is C20H18N2O3S. The van der Waals surface area contributed by atoms with Gasteiger partial charge in [0.25, 0.3) is 5.91 Å². The average Bonchev–Trinajstić information content (AvgIpc) is 3.01. The maximum Gasteiger partial charge on any atom is 0.340 e. The molecule has 5 nitrogen and oxygen atoms in total. The molecule has 3 rings (SSSR count). The molecule has 1 N–H and O–H groups in total. The molecule has 1 amide bonds. The topological polar surface area (TPSA) is 67.8 Å². The number of esters is 1. The summed E-state index contributed by atoms with van der Waals surface area (Å²) in [6, 6.07) is 14.9. The first-order chi connectivity index (χ1) is 12.6. The molecule has 26 heavy (non-hydrogen) atoms. The van der Waals surface area contributed by atoms with Crippen molar-refractivity contribution in [2.75, 3.05) is 7.11 Å². The third kappa shape index (κ3) is 4.03. The predicted molar refractivity (Wildman–Crippen MR) is 104 cm³/mol. The Hall–Kier alpha value is -2.86. The van der Waals surface area contributed by atoms with E-state index in [0.717, 1.165) is 12.0 Å². The molecule has 0 bridgehead atoms. The van der Waals surface area contributed by atoms with Crippen LogP contribution in [0.5, 0.6) is 0 Å². The molecule has 1 heterocycles. The third-order valence-electron chi connectivity index (χ3n) is 3.87. The summed E-state index contributed by atoms with van der Waals surface area (Å²) in [5.74, 6) is -0.671. The number of aryl methyl sites for hydroxylation is 1. The highest BCUT2D eigenvalue weighted by atomic mass is 32.2. The number of benzene rings is 2. The molecule has 0 aromatic heterocycles. The number of amidine groups is 1. The van der Waals surface area contributed by atoms with E-state index in [2.05, 4.69) is 17.2 Å². The fraction of sp³-hybridized carbons (Fsp3) is 0.150. The highest BCUT2D eigenvalue weighted by Crippen LogP contribution is 2.29. The lowest BCUT2D eigenvalue weighted by atomic mass is 10.1. The normalized spacial score (nSPS) is 16.8. The lowest BCUT2D eigenvalue weighted by molar-refractivity contribution is -0.115. The Labute approximate surface area is 156 Å². The molecule has 0 radical (unpaired) electrons. The van der Waals surface area contributed by atoms with Crippen molar-refractivity contribution in [3.8, 4) is 0 Å². The van der Waals surface area contributed by atoms with E-state index in [1.807, 2.05) is 30.3 Å². The van der Waals surface area contributed by atoms with Gasteiger partial charge < -0.3 is 10.1 Å². The van der Waals surface area contributed by atoms with E-state index < -0.39 is 5.97 Å². The molecule has 1 fully saturated rings. The van der Waals surface area contributed by atoms with Crippen molar-refractivity contribution >= 4 is 40.6 Å². The van der Waals surface area contributed by atoms with Crippen molar-refractivity contribution in [2.24, 2.45) is 4.99 Å². The van der Waals surface area contributed by atoms with Crippen molar-refractivity contribution in [1.82, 2.24) is 5.32 Å². The molecule has 6 heteroatoms. The number of carbonyl (C=O) groups excluding carboxylic acids is 2. The standard InChI is InChI=1S/C20H18N2O3S/c1-3-13-8-10-14(11-9-13)12-17-18(23)22-20(26-17)21-16-7-5-4-6-15(16)19(24)25-2/h4-12H,3H2,1-2H3,(H,21,22,23)/b17-12-. The van der Waals surface area contributed by atoms with Crippen LogP contribution in [0.2, 0.25) is 0 Å². The minimum Gasteiger partial charge on any atom is -0.465 e. The zero-order valence-electron chi connectivity index (χ0n) is 14.5. The summed E-state index contributed by atoms with van der Waals surface area (Å²) in [5, 5.41) is 3.17. The van der Waals surface area contributed by atoms with Crippen LogP contribution in [-0.4, -0.2) is 24.2 Å². The monoisotopic (exact) mass is 366 g/mol. The van der Waals surface area contributed by atoms with E-state index in [1.54, 1.807) is 24.3 Å². The van der Waals surface area contributed by atoms with Gasteiger partial charge in [0.15, 0.2) is 5.17 Å². The molecule has 132 valence electrons. The summed E-state index contributed by atoms with van der Waals surface area (Å²) in [7, 11) is 1.32. The molecule has 0 spiro atoms. The van der Waals surface area contributed by atoms with Crippen LogP contribution in [0.4, 0.5) is 5.69 Å². The summed E-state index contributed by atoms with van der Waals surface area (Å²) in [5.41, 5.74) is 3.01. The summed E-state index contributed by atoms with van der Waals surface area (Å²) in [4.78, 5) is 29.0. The average molecular weight is 366 g/mol. The first kappa shape index (κ1) is 17.9. The van der Waals surface area contributed by atoms with E-state index in [4.69, 9.17) is 4.74 Å². The summed E-state index contributed by atoms with van der Waals surface area (Å²) in [6.45, 7) is 2.10. The number of thioether (sulfide) groups is 1. The second-order valence-electron chi connectivity index (χ2n) is 5.59. The van der Waals surface area contributed by atoms with Gasteiger partial charge in [-0.2, -0.15) is 0 Å². The molecule has 0 atom stereocenters. The van der Waals surface area contributed by atoms with Gasteiger partial charge >= 0.3 is 5.97 Å². The molecule has 1 aliphatic rings. The number of para-hydroxylation sites is 1. The Morgan fingerprint density at radius 1 is 1.19 bits per heavy atom. The smallest absolute Gasteiger partial charge is 0.340 e. The van der Waals surface area contributed by atoms with Crippen LogP contribution >= 0.6 is 11.8 Å². The lowest BCUT2D eigenvalue weighted by Gasteiger charge is -2.03. The maximum absolute atomic E-state index is 12.2. The molecule has 1 saturated heterocycles. The Kier molecular flexibility index (Phi) is 5.53. The van der Waals surface area contributed by atoms with Crippen LogP contribution in [0, 0.1) is 0 Å². The SMILES string of the molecule is CCc1ccc(/C=C2\SC(=Nc3ccccc3C(=O)OC)NC2=O)cc1. The number of carbonyl (C=O) groups is 2. The minimum absolute atomic E-state index is 0.205. The number of methoxy groups -OCH3 is 1. The van der Waals surface area contributed by atoms with Gasteiger partial charge in [-0.25, -0.2) is 9.79 Å². The highest BCUT2D eigenvalue weighted by molar-refractivity contribution is 8.18. The minimum atomic E-state index is -0.467. The number of aliphatic imine (C=N–C) groups is 1. The Morgan fingerprint density at radius 3 is 2.62 bits per heavy atom. The zero-order valence-corrected chi connectivity index (χ0v) is 15.3. The fourth-order valence-electron chi connectivity index (χ4n) is 2.44. The van der Waals surface area contributed by atoms with Gasteiger partial charge in [0, 0.05) is 0 Å². The number of nitrogens with zero attached hydrogens (tertiary/aromatic N) is 1. The lowest BCUT2D eigenvalue weighted by Crippen LogP contribution is -2.19. The van der Waals surface area contributed by atoms with E-state index in [0.29, 0.717) is 21.3 Å². The van der Waals surface area contributed by atoms with Crippen molar-refractivity contribution in [3.63, 3.8) is 0 Å². The number of hydrogen-bond acceptors (Lipinski definition) is 5. The quantitative estimate of drug-likeness (QED) is 0.658. The zero-order chi connectivity index (χ0) is 18.5. The van der Waals surface area contributed by atoms with Crippen molar-refractivity contribution in [2.45, 2.75) is 13.3 Å². The molecule has 2 aromatic rings. The second kappa shape index (κ2) is 8.01. The van der Waals surface area contributed by atoms with Crippen molar-refractivity contribution in [3.05, 3.63) is 70.1 Å². The molecule has 0 unspecified atom stereocenters. The Morgan fingerprint density at radius 2 is 1.92 bits per heavy atom. The summed E-state index contributed by atoms with van der Waals surface area (Å²) >= 11 is 1.24. The molecule has 2 aromatic carbocycles. The maximum atomic E-state index is 12.2. The second-order valence-corrected chi connectivity index (χ2v) is 6.62. The van der Waals surface area contributed by atoms with Crippen LogP contribution < -0.4 is 5.32 Å². The summed E-state index contributed by atoms with van der Waals surface area (Å²) in [6.07, 6.45) is 2.80. The van der Waals surface area contributed by atoms with Gasteiger partial charge in [-0.3, -0.25) is 4.79 Å². The number of rotatable bonds is 4. The first-order valence-corrected chi connectivity index (χ1v) is 8.98. The highest BCUT2D eigenvalue weighted by Gasteiger charge is 2.24. The van der Waals surface area contributed by atoms with Gasteiger partial charge in [-0.1, -0.05) is 43.3 Å². The van der Waals surface area contributed by atoms with Crippen LogP contribution in [-0.2, 0) is 16.0 Å². The van der Waals surface area contributed by atoms with Crippen LogP contribution in [0.15, 0.2) is 58.4 Å². The van der Waals surface area contributed by atoms with Gasteiger partial charge in [0.1, 0.15) is 0 Å². The number of amides is 1. The Bertz CT molecular complexity index is 902. The van der Waals surface area contributed by atoms with Gasteiger partial charge in [-0.15, -0.1) is 0 Å². The van der Waals surface area contributed by atoms with Gasteiger partial charge in [-0.05, 0) is 47.5 Å². The van der Waals surface area contributed by atoms with E-state index in [-0.39, 0.29) is 5.91 Å². The third-order valence-corrected chi connectivity index (χ3v) is 4.78. The van der Waals surface area contributed by atoms with E-state index in [9.17, 15) is 9.59 Å². The predicted octanol–water partition coefficient (Wildman–Crippen LogP) is 3.93. The van der Waals surface area contributed by atoms with Crippen LogP contribution in [0.1, 0.15) is 28.4 Å².